The van der Waals surface area contributed by atoms with Crippen molar-refractivity contribution in [3.63, 3.8) is 0 Å². The number of nitrogens with one attached hydrogen (secondary N) is 1. The Balaban J connectivity index is 1.67. The van der Waals surface area contributed by atoms with Crippen molar-refractivity contribution >= 4 is 23.6 Å². The Hall–Kier alpha value is -3.59. The van der Waals surface area contributed by atoms with Gasteiger partial charge in [0.15, 0.2) is 5.75 Å². The number of hydrogen-bond donors (Lipinski definition) is 4. The van der Waals surface area contributed by atoms with Gasteiger partial charge >= 0.3 is 6.09 Å². The van der Waals surface area contributed by atoms with Gasteiger partial charge in [0.2, 0.25) is 0 Å². The molecular formula is C31H36ClN3O5. The SMILES string of the molecule is Cc1ccccc1Oc1c(Cl)cccc1C(O)(CCCNC(=O)O)C1CCCN(C(=O)c2ccc(CN)cc2)C1. The Kier molecular flexibility index (Phi) is 9.68. The highest BCUT2D eigenvalue weighted by Gasteiger charge is 2.43. The van der Waals surface area contributed by atoms with E-state index in [1.54, 1.807) is 35.2 Å². The Bertz CT molecular complexity index is 1330. The van der Waals surface area contributed by atoms with Crippen LogP contribution in [0.4, 0.5) is 4.79 Å². The van der Waals surface area contributed by atoms with Crippen LogP contribution < -0.4 is 15.8 Å². The smallest absolute Gasteiger partial charge is 0.404 e. The van der Waals surface area contributed by atoms with Crippen molar-refractivity contribution < 1.29 is 24.5 Å². The molecule has 3 aromatic carbocycles. The average Bonchev–Trinajstić information content (AvgIpc) is 2.97. The van der Waals surface area contributed by atoms with Crippen molar-refractivity contribution in [3.05, 3.63) is 94.0 Å². The highest BCUT2D eigenvalue weighted by Crippen LogP contribution is 2.46. The zero-order valence-corrected chi connectivity index (χ0v) is 23.4. The third-order valence-electron chi connectivity index (χ3n) is 7.57. The lowest BCUT2D eigenvalue weighted by Gasteiger charge is -2.43. The Morgan fingerprint density at radius 3 is 2.58 bits per heavy atom. The Morgan fingerprint density at radius 2 is 1.88 bits per heavy atom. The molecule has 9 heteroatoms. The summed E-state index contributed by atoms with van der Waals surface area (Å²) in [5, 5.41) is 24.3. The molecule has 8 nitrogen and oxygen atoms in total. The molecule has 1 aliphatic rings. The molecule has 1 aliphatic heterocycles. The van der Waals surface area contributed by atoms with Gasteiger partial charge in [-0.2, -0.15) is 0 Å². The molecule has 2 amide bonds. The minimum atomic E-state index is -1.44. The van der Waals surface area contributed by atoms with Crippen LogP contribution in [0.15, 0.2) is 66.7 Å². The van der Waals surface area contributed by atoms with Crippen LogP contribution >= 0.6 is 11.6 Å². The lowest BCUT2D eigenvalue weighted by molar-refractivity contribution is -0.0578. The van der Waals surface area contributed by atoms with E-state index in [1.807, 2.05) is 43.3 Å². The van der Waals surface area contributed by atoms with Gasteiger partial charge in [0.25, 0.3) is 5.91 Å². The molecule has 1 heterocycles. The zero-order chi connectivity index (χ0) is 28.7. The summed E-state index contributed by atoms with van der Waals surface area (Å²) < 4.78 is 6.33. The number of aliphatic hydroxyl groups is 1. The van der Waals surface area contributed by atoms with Crippen LogP contribution in [-0.2, 0) is 12.1 Å². The number of nitrogens with two attached hydrogens (primary N) is 1. The molecule has 0 aromatic heterocycles. The van der Waals surface area contributed by atoms with E-state index in [-0.39, 0.29) is 24.8 Å². The van der Waals surface area contributed by atoms with E-state index in [0.717, 1.165) is 11.1 Å². The van der Waals surface area contributed by atoms with Crippen LogP contribution in [0.2, 0.25) is 5.02 Å². The molecule has 4 rings (SSSR count). The lowest BCUT2D eigenvalue weighted by atomic mass is 9.73. The molecule has 1 fully saturated rings. The molecule has 1 saturated heterocycles. The number of carboxylic acid groups (broad SMARTS) is 1. The first-order chi connectivity index (χ1) is 19.2. The number of ether oxygens (including phenoxy) is 1. The summed E-state index contributed by atoms with van der Waals surface area (Å²) in [4.78, 5) is 26.3. The number of carbonyl (C=O) groups excluding carboxylic acids is 1. The fourth-order valence-electron chi connectivity index (χ4n) is 5.36. The van der Waals surface area contributed by atoms with E-state index in [2.05, 4.69) is 5.32 Å². The number of amides is 2. The minimum absolute atomic E-state index is 0.106. The van der Waals surface area contributed by atoms with Gasteiger partial charge in [-0.25, -0.2) is 4.79 Å². The number of rotatable bonds is 10. The summed E-state index contributed by atoms with van der Waals surface area (Å²) in [5.74, 6) is 0.530. The van der Waals surface area contributed by atoms with E-state index in [1.165, 1.54) is 0 Å². The van der Waals surface area contributed by atoms with Gasteiger partial charge in [0.1, 0.15) is 5.75 Å². The predicted molar refractivity (Wildman–Crippen MR) is 155 cm³/mol. The van der Waals surface area contributed by atoms with Crippen molar-refractivity contribution in [1.82, 2.24) is 10.2 Å². The maximum atomic E-state index is 13.4. The number of piperidine rings is 1. The molecule has 5 N–H and O–H groups in total. The highest BCUT2D eigenvalue weighted by atomic mass is 35.5. The molecular weight excluding hydrogens is 530 g/mol. The van der Waals surface area contributed by atoms with Crippen LogP contribution in [0.1, 0.15) is 52.7 Å². The molecule has 0 saturated carbocycles. The maximum absolute atomic E-state index is 13.4. The van der Waals surface area contributed by atoms with Crippen molar-refractivity contribution in [2.75, 3.05) is 19.6 Å². The average molecular weight is 566 g/mol. The van der Waals surface area contributed by atoms with E-state index in [0.29, 0.717) is 66.5 Å². The summed E-state index contributed by atoms with van der Waals surface area (Å²) >= 11 is 6.66. The molecule has 2 unspecified atom stereocenters. The van der Waals surface area contributed by atoms with Gasteiger partial charge in [-0.3, -0.25) is 4.79 Å². The van der Waals surface area contributed by atoms with E-state index < -0.39 is 11.7 Å². The van der Waals surface area contributed by atoms with Gasteiger partial charge in [-0.05, 0) is 68.0 Å². The van der Waals surface area contributed by atoms with Crippen LogP contribution in [-0.4, -0.2) is 46.7 Å². The molecule has 40 heavy (non-hydrogen) atoms. The van der Waals surface area contributed by atoms with E-state index >= 15 is 0 Å². The second kappa shape index (κ2) is 13.2. The van der Waals surface area contributed by atoms with Crippen molar-refractivity contribution in [2.45, 2.75) is 44.8 Å². The number of benzene rings is 3. The number of hydrogen-bond acceptors (Lipinski definition) is 5. The Morgan fingerprint density at radius 1 is 1.12 bits per heavy atom. The first-order valence-corrected chi connectivity index (χ1v) is 13.9. The number of halogens is 1. The third-order valence-corrected chi connectivity index (χ3v) is 7.87. The highest BCUT2D eigenvalue weighted by molar-refractivity contribution is 6.32. The van der Waals surface area contributed by atoms with Crippen molar-refractivity contribution in [2.24, 2.45) is 11.7 Å². The fourth-order valence-corrected chi connectivity index (χ4v) is 5.58. The van der Waals surface area contributed by atoms with E-state index in [4.69, 9.17) is 27.2 Å². The number of aryl methyl sites for hydroxylation is 1. The monoisotopic (exact) mass is 565 g/mol. The minimum Gasteiger partial charge on any atom is -0.465 e. The largest absolute Gasteiger partial charge is 0.465 e. The van der Waals surface area contributed by atoms with Crippen molar-refractivity contribution in [3.8, 4) is 11.5 Å². The van der Waals surface area contributed by atoms with Gasteiger partial charge in [0, 0.05) is 43.2 Å². The zero-order valence-electron chi connectivity index (χ0n) is 22.6. The summed E-state index contributed by atoms with van der Waals surface area (Å²) in [6.07, 6.45) is 0.890. The number of para-hydroxylation sites is 2. The predicted octanol–water partition coefficient (Wildman–Crippen LogP) is 5.69. The molecule has 0 bridgehead atoms. The first kappa shape index (κ1) is 29.4. The summed E-state index contributed by atoms with van der Waals surface area (Å²) in [5.41, 5.74) is 7.21. The molecule has 212 valence electrons. The van der Waals surface area contributed by atoms with Gasteiger partial charge in [-0.15, -0.1) is 0 Å². The summed E-state index contributed by atoms with van der Waals surface area (Å²) in [6, 6.07) is 20.1. The number of carbonyl (C=O) groups is 2. The third kappa shape index (κ3) is 6.75. The quantitative estimate of drug-likeness (QED) is 0.234. The Labute approximate surface area is 239 Å². The van der Waals surface area contributed by atoms with Crippen molar-refractivity contribution in [1.29, 1.82) is 0 Å². The van der Waals surface area contributed by atoms with Gasteiger partial charge in [0.05, 0.1) is 10.6 Å². The summed E-state index contributed by atoms with van der Waals surface area (Å²) in [7, 11) is 0. The number of likely N-dealkylation sites (tertiary alicyclic amines) is 1. The van der Waals surface area contributed by atoms with Crippen LogP contribution in [0.5, 0.6) is 11.5 Å². The first-order valence-electron chi connectivity index (χ1n) is 13.5. The lowest BCUT2D eigenvalue weighted by Crippen LogP contribution is -2.48. The molecule has 0 radical (unpaired) electrons. The number of nitrogens with zero attached hydrogens (tertiary/aromatic N) is 1. The maximum Gasteiger partial charge on any atom is 0.404 e. The topological polar surface area (TPSA) is 125 Å². The fraction of sp³-hybridized carbons (Fsp3) is 0.355. The molecule has 0 spiro atoms. The second-order valence-electron chi connectivity index (χ2n) is 10.2. The molecule has 2 atom stereocenters. The standard InChI is InChI=1S/C31H36ClN3O5/c1-21-7-2-3-11-27(21)40-28-25(9-4-10-26(28)32)31(39,16-6-17-34-30(37)38)24-8-5-18-35(20-24)29(36)23-14-12-22(19-33)13-15-23/h2-4,7,9-15,24,34,39H,5-6,8,16-20,33H2,1H3,(H,37,38). The van der Waals surface area contributed by atoms with Gasteiger partial charge < -0.3 is 30.9 Å². The van der Waals surface area contributed by atoms with Crippen LogP contribution in [0.25, 0.3) is 0 Å². The second-order valence-corrected chi connectivity index (χ2v) is 10.6. The molecule has 0 aliphatic carbocycles. The van der Waals surface area contributed by atoms with Gasteiger partial charge in [-0.1, -0.05) is 54.1 Å². The molecule has 3 aromatic rings. The van der Waals surface area contributed by atoms with E-state index in [9.17, 15) is 14.7 Å². The normalized spacial score (nSPS) is 16.7. The summed E-state index contributed by atoms with van der Waals surface area (Å²) in [6.45, 7) is 3.41. The van der Waals surface area contributed by atoms with Crippen LogP contribution in [0.3, 0.4) is 0 Å². The van der Waals surface area contributed by atoms with Crippen LogP contribution in [0, 0.1) is 12.8 Å².